The highest BCUT2D eigenvalue weighted by Gasteiger charge is 2.17. The molecule has 2 rings (SSSR count). The monoisotopic (exact) mass is 248 g/mol. The van der Waals surface area contributed by atoms with Crippen LogP contribution in [-0.4, -0.2) is 47.5 Å². The predicted octanol–water partition coefficient (Wildman–Crippen LogP) is 1.44. The summed E-state index contributed by atoms with van der Waals surface area (Å²) in [5, 5.41) is 0. The minimum absolute atomic E-state index is 0.617. The summed E-state index contributed by atoms with van der Waals surface area (Å²) in [5.74, 6) is 1.37. The summed E-state index contributed by atoms with van der Waals surface area (Å²) in [6.45, 7) is 11.3. The van der Waals surface area contributed by atoms with Gasteiger partial charge in [0.05, 0.1) is 5.69 Å². The number of rotatable bonds is 4. The first-order valence-electron chi connectivity index (χ1n) is 6.79. The molecule has 0 unspecified atom stereocenters. The van der Waals surface area contributed by atoms with Gasteiger partial charge in [0.15, 0.2) is 0 Å². The number of nitrogens with two attached hydrogens (primary N) is 1. The molecule has 0 bridgehead atoms. The topological polar surface area (TPSA) is 45.4 Å². The van der Waals surface area contributed by atoms with E-state index in [4.69, 9.17) is 5.73 Å². The second kappa shape index (κ2) is 6.16. The van der Waals surface area contributed by atoms with Crippen molar-refractivity contribution in [1.29, 1.82) is 0 Å². The third-order valence-corrected chi connectivity index (χ3v) is 3.30. The standard InChI is InChI=1S/C14H24N4/c1-12(2)10-17-6-8-18(9-7-17)11-13-4-3-5-14(15)16-13/h3-5,12H,6-11H2,1-2H3,(H2,15,16). The zero-order valence-electron chi connectivity index (χ0n) is 11.5. The Morgan fingerprint density at radius 2 is 1.83 bits per heavy atom. The third kappa shape index (κ3) is 3.96. The molecule has 0 amide bonds. The Labute approximate surface area is 110 Å². The molecule has 100 valence electrons. The van der Waals surface area contributed by atoms with Crippen molar-refractivity contribution in [2.75, 3.05) is 38.5 Å². The van der Waals surface area contributed by atoms with Gasteiger partial charge in [-0.3, -0.25) is 4.90 Å². The maximum atomic E-state index is 5.70. The fraction of sp³-hybridized carbons (Fsp3) is 0.643. The van der Waals surface area contributed by atoms with E-state index in [1.54, 1.807) is 0 Å². The third-order valence-electron chi connectivity index (χ3n) is 3.30. The van der Waals surface area contributed by atoms with Gasteiger partial charge in [-0.25, -0.2) is 4.98 Å². The van der Waals surface area contributed by atoms with Crippen LogP contribution in [0.4, 0.5) is 5.82 Å². The Morgan fingerprint density at radius 1 is 1.17 bits per heavy atom. The Hall–Kier alpha value is -1.13. The number of hydrogen-bond donors (Lipinski definition) is 1. The van der Waals surface area contributed by atoms with Gasteiger partial charge in [0.2, 0.25) is 0 Å². The quantitative estimate of drug-likeness (QED) is 0.876. The zero-order chi connectivity index (χ0) is 13.0. The molecule has 1 aromatic rings. The highest BCUT2D eigenvalue weighted by molar-refractivity contribution is 5.28. The van der Waals surface area contributed by atoms with Gasteiger partial charge in [-0.15, -0.1) is 0 Å². The lowest BCUT2D eigenvalue weighted by Gasteiger charge is -2.35. The van der Waals surface area contributed by atoms with Gasteiger partial charge in [-0.05, 0) is 18.1 Å². The zero-order valence-corrected chi connectivity index (χ0v) is 11.5. The summed E-state index contributed by atoms with van der Waals surface area (Å²) in [6.07, 6.45) is 0. The van der Waals surface area contributed by atoms with Gasteiger partial charge < -0.3 is 10.6 Å². The molecule has 1 aromatic heterocycles. The fourth-order valence-corrected chi connectivity index (χ4v) is 2.46. The second-order valence-electron chi connectivity index (χ2n) is 5.52. The molecule has 0 atom stereocenters. The van der Waals surface area contributed by atoms with Crippen molar-refractivity contribution in [2.45, 2.75) is 20.4 Å². The van der Waals surface area contributed by atoms with E-state index in [0.29, 0.717) is 5.82 Å². The highest BCUT2D eigenvalue weighted by atomic mass is 15.3. The van der Waals surface area contributed by atoms with Crippen LogP contribution in [0.3, 0.4) is 0 Å². The Balaban J connectivity index is 1.80. The molecule has 0 radical (unpaired) electrons. The van der Waals surface area contributed by atoms with Crippen molar-refractivity contribution in [2.24, 2.45) is 5.92 Å². The summed E-state index contributed by atoms with van der Waals surface area (Å²) < 4.78 is 0. The Bertz CT molecular complexity index is 370. The van der Waals surface area contributed by atoms with Crippen molar-refractivity contribution >= 4 is 5.82 Å². The highest BCUT2D eigenvalue weighted by Crippen LogP contribution is 2.09. The largest absolute Gasteiger partial charge is 0.384 e. The van der Waals surface area contributed by atoms with Crippen molar-refractivity contribution in [3.8, 4) is 0 Å². The van der Waals surface area contributed by atoms with E-state index in [0.717, 1.165) is 31.2 Å². The van der Waals surface area contributed by atoms with Crippen molar-refractivity contribution < 1.29 is 0 Å². The molecule has 18 heavy (non-hydrogen) atoms. The van der Waals surface area contributed by atoms with Crippen molar-refractivity contribution in [1.82, 2.24) is 14.8 Å². The number of piperazine rings is 1. The van der Waals surface area contributed by atoms with Crippen LogP contribution in [0.1, 0.15) is 19.5 Å². The molecule has 1 aliphatic heterocycles. The molecule has 0 aliphatic carbocycles. The lowest BCUT2D eigenvalue weighted by molar-refractivity contribution is 0.116. The molecule has 0 saturated carbocycles. The summed E-state index contributed by atoms with van der Waals surface area (Å²) >= 11 is 0. The molecule has 0 spiro atoms. The molecule has 4 heteroatoms. The maximum absolute atomic E-state index is 5.70. The van der Waals surface area contributed by atoms with E-state index in [2.05, 4.69) is 34.7 Å². The molecule has 0 aromatic carbocycles. The number of nitrogens with zero attached hydrogens (tertiary/aromatic N) is 3. The molecule has 1 fully saturated rings. The lowest BCUT2D eigenvalue weighted by atomic mass is 10.2. The SMILES string of the molecule is CC(C)CN1CCN(Cc2cccc(N)n2)CC1. The van der Waals surface area contributed by atoms with E-state index in [-0.39, 0.29) is 0 Å². The Morgan fingerprint density at radius 3 is 2.44 bits per heavy atom. The number of pyridine rings is 1. The minimum atomic E-state index is 0.617. The fourth-order valence-electron chi connectivity index (χ4n) is 2.46. The van der Waals surface area contributed by atoms with Gasteiger partial charge in [-0.2, -0.15) is 0 Å². The van der Waals surface area contributed by atoms with Crippen LogP contribution in [0.25, 0.3) is 0 Å². The van der Waals surface area contributed by atoms with Gasteiger partial charge in [0.25, 0.3) is 0 Å². The number of nitrogen functional groups attached to an aromatic ring is 1. The minimum Gasteiger partial charge on any atom is -0.384 e. The second-order valence-corrected chi connectivity index (χ2v) is 5.52. The van der Waals surface area contributed by atoms with E-state index in [1.165, 1.54) is 19.6 Å². The van der Waals surface area contributed by atoms with Gasteiger partial charge in [0.1, 0.15) is 5.82 Å². The van der Waals surface area contributed by atoms with Gasteiger partial charge in [-0.1, -0.05) is 19.9 Å². The number of anilines is 1. The van der Waals surface area contributed by atoms with Crippen LogP contribution >= 0.6 is 0 Å². The summed E-state index contributed by atoms with van der Waals surface area (Å²) in [4.78, 5) is 9.36. The summed E-state index contributed by atoms with van der Waals surface area (Å²) in [6, 6.07) is 5.87. The van der Waals surface area contributed by atoms with Crippen LogP contribution < -0.4 is 5.73 Å². The predicted molar refractivity (Wildman–Crippen MR) is 75.2 cm³/mol. The number of aromatic nitrogens is 1. The summed E-state index contributed by atoms with van der Waals surface area (Å²) in [7, 11) is 0. The molecule has 4 nitrogen and oxygen atoms in total. The van der Waals surface area contributed by atoms with Crippen LogP contribution in [0.15, 0.2) is 18.2 Å². The van der Waals surface area contributed by atoms with E-state index < -0.39 is 0 Å². The van der Waals surface area contributed by atoms with Crippen LogP contribution in [-0.2, 0) is 6.54 Å². The van der Waals surface area contributed by atoms with Crippen LogP contribution in [0.2, 0.25) is 0 Å². The van der Waals surface area contributed by atoms with Crippen LogP contribution in [0, 0.1) is 5.92 Å². The molecule has 1 saturated heterocycles. The molecule has 2 heterocycles. The molecule has 1 aliphatic rings. The lowest BCUT2D eigenvalue weighted by Crippen LogP contribution is -2.46. The first-order valence-corrected chi connectivity index (χ1v) is 6.79. The van der Waals surface area contributed by atoms with Crippen molar-refractivity contribution in [3.05, 3.63) is 23.9 Å². The summed E-state index contributed by atoms with van der Waals surface area (Å²) in [5.41, 5.74) is 6.78. The van der Waals surface area contributed by atoms with E-state index in [1.807, 2.05) is 12.1 Å². The van der Waals surface area contributed by atoms with Crippen LogP contribution in [0.5, 0.6) is 0 Å². The Kier molecular flexibility index (Phi) is 4.55. The average Bonchev–Trinajstić information content (AvgIpc) is 2.31. The van der Waals surface area contributed by atoms with E-state index >= 15 is 0 Å². The first kappa shape index (κ1) is 13.3. The molecular formula is C14H24N4. The van der Waals surface area contributed by atoms with Gasteiger partial charge >= 0.3 is 0 Å². The van der Waals surface area contributed by atoms with E-state index in [9.17, 15) is 0 Å². The van der Waals surface area contributed by atoms with Crippen molar-refractivity contribution in [3.63, 3.8) is 0 Å². The molecule has 2 N–H and O–H groups in total. The van der Waals surface area contributed by atoms with Gasteiger partial charge in [0, 0.05) is 39.3 Å². The number of hydrogen-bond acceptors (Lipinski definition) is 4. The molecular weight excluding hydrogens is 224 g/mol. The smallest absolute Gasteiger partial charge is 0.123 e. The first-order chi connectivity index (χ1) is 8.63. The maximum Gasteiger partial charge on any atom is 0.123 e. The average molecular weight is 248 g/mol. The normalized spacial score (nSPS) is 18.4.